The van der Waals surface area contributed by atoms with E-state index >= 15 is 0 Å². The predicted octanol–water partition coefficient (Wildman–Crippen LogP) is 2.03. The number of nitrogens with one attached hydrogen (secondary N) is 1. The van der Waals surface area contributed by atoms with Crippen molar-refractivity contribution >= 4 is 12.0 Å². The Morgan fingerprint density at radius 2 is 1.76 bits per heavy atom. The molecule has 0 aromatic heterocycles. The molecule has 0 aliphatic rings. The van der Waals surface area contributed by atoms with Gasteiger partial charge in [-0.1, -0.05) is 20.8 Å². The maximum Gasteiger partial charge on any atom is 0.407 e. The highest BCUT2D eigenvalue weighted by atomic mass is 16.5. The summed E-state index contributed by atoms with van der Waals surface area (Å²) in [5.41, 5.74) is 0. The summed E-state index contributed by atoms with van der Waals surface area (Å²) >= 11 is 0. The van der Waals surface area contributed by atoms with Crippen molar-refractivity contribution in [1.82, 2.24) is 10.2 Å². The summed E-state index contributed by atoms with van der Waals surface area (Å²) in [6, 6.07) is -0.560. The van der Waals surface area contributed by atoms with Gasteiger partial charge in [-0.3, -0.25) is 4.79 Å². The molecule has 6 nitrogen and oxygen atoms in total. The van der Waals surface area contributed by atoms with E-state index in [1.54, 1.807) is 19.1 Å². The first kappa shape index (κ1) is 19.7. The molecule has 0 bridgehead atoms. The Balaban J connectivity index is 4.79. The standard InChI is InChI=1S/C15H30N2O4/c1-8-12(20-6)9-11(4)17(5)14(18)13(10(2)3)16-15(19)21-7/h10-13H,8-9H2,1-7H3,(H,16,19)/t11-,12?,13?/m1/s1. The van der Waals surface area contributed by atoms with Gasteiger partial charge in [0.25, 0.3) is 0 Å². The minimum Gasteiger partial charge on any atom is -0.453 e. The number of alkyl carbamates (subject to hydrolysis) is 1. The number of likely N-dealkylation sites (N-methyl/N-ethyl adjacent to an activating group) is 1. The molecule has 0 radical (unpaired) electrons. The maximum absolute atomic E-state index is 12.6. The average molecular weight is 302 g/mol. The lowest BCUT2D eigenvalue weighted by Gasteiger charge is -2.32. The van der Waals surface area contributed by atoms with E-state index in [2.05, 4.69) is 17.0 Å². The van der Waals surface area contributed by atoms with Gasteiger partial charge in [0.15, 0.2) is 0 Å². The van der Waals surface area contributed by atoms with Crippen LogP contribution in [0, 0.1) is 5.92 Å². The zero-order valence-electron chi connectivity index (χ0n) is 14.3. The SMILES string of the molecule is CCC(C[C@@H](C)N(C)C(=O)C(NC(=O)OC)C(C)C)OC. The predicted molar refractivity (Wildman–Crippen MR) is 82.1 cm³/mol. The Morgan fingerprint density at radius 1 is 1.19 bits per heavy atom. The van der Waals surface area contributed by atoms with Gasteiger partial charge in [-0.25, -0.2) is 4.79 Å². The molecule has 2 unspecified atom stereocenters. The molecule has 124 valence electrons. The monoisotopic (exact) mass is 302 g/mol. The number of methoxy groups -OCH3 is 2. The third-order valence-electron chi connectivity index (χ3n) is 3.79. The third-order valence-corrected chi connectivity index (χ3v) is 3.79. The molecule has 0 spiro atoms. The lowest BCUT2D eigenvalue weighted by atomic mass is 10.0. The lowest BCUT2D eigenvalue weighted by Crippen LogP contribution is -2.52. The van der Waals surface area contributed by atoms with Gasteiger partial charge in [0.2, 0.25) is 5.91 Å². The minimum absolute atomic E-state index is 0.0179. The molecule has 3 atom stereocenters. The van der Waals surface area contributed by atoms with E-state index < -0.39 is 12.1 Å². The second-order valence-corrected chi connectivity index (χ2v) is 5.66. The van der Waals surface area contributed by atoms with Crippen LogP contribution in [0.4, 0.5) is 4.79 Å². The van der Waals surface area contributed by atoms with Gasteiger partial charge in [-0.2, -0.15) is 0 Å². The van der Waals surface area contributed by atoms with Crippen molar-refractivity contribution in [2.45, 2.75) is 58.7 Å². The quantitative estimate of drug-likeness (QED) is 0.745. The van der Waals surface area contributed by atoms with Crippen molar-refractivity contribution < 1.29 is 19.1 Å². The van der Waals surface area contributed by atoms with Crippen molar-refractivity contribution in [3.63, 3.8) is 0 Å². The molecule has 0 aliphatic carbocycles. The summed E-state index contributed by atoms with van der Waals surface area (Å²) in [6.45, 7) is 7.82. The van der Waals surface area contributed by atoms with Crippen LogP contribution >= 0.6 is 0 Å². The van der Waals surface area contributed by atoms with Crippen LogP contribution in [0.3, 0.4) is 0 Å². The molecule has 6 heteroatoms. The van der Waals surface area contributed by atoms with E-state index in [4.69, 9.17) is 4.74 Å². The molecule has 0 rings (SSSR count). The van der Waals surface area contributed by atoms with Crippen LogP contribution in [-0.2, 0) is 14.3 Å². The molecule has 1 N–H and O–H groups in total. The summed E-state index contributed by atoms with van der Waals surface area (Å²) in [6.07, 6.45) is 1.20. The molecule has 0 aromatic carbocycles. The topological polar surface area (TPSA) is 67.9 Å². The van der Waals surface area contributed by atoms with Gasteiger partial charge in [0.05, 0.1) is 13.2 Å². The van der Waals surface area contributed by atoms with Gasteiger partial charge in [-0.05, 0) is 25.7 Å². The van der Waals surface area contributed by atoms with E-state index in [9.17, 15) is 9.59 Å². The number of carbonyl (C=O) groups is 2. The molecule has 0 saturated carbocycles. The summed E-state index contributed by atoms with van der Waals surface area (Å²) in [7, 11) is 4.72. The molecule has 0 aliphatic heterocycles. The average Bonchev–Trinajstić information content (AvgIpc) is 2.47. The largest absolute Gasteiger partial charge is 0.453 e. The number of ether oxygens (including phenoxy) is 2. The second-order valence-electron chi connectivity index (χ2n) is 5.66. The molecule has 0 heterocycles. The van der Waals surface area contributed by atoms with E-state index in [1.165, 1.54) is 7.11 Å². The molecular formula is C15H30N2O4. The normalized spacial score (nSPS) is 15.2. The van der Waals surface area contributed by atoms with Crippen LogP contribution in [0.25, 0.3) is 0 Å². The molecule has 0 fully saturated rings. The Kier molecular flexibility index (Phi) is 9.01. The fourth-order valence-corrected chi connectivity index (χ4v) is 2.10. The van der Waals surface area contributed by atoms with Crippen molar-refractivity contribution in [3.05, 3.63) is 0 Å². The summed E-state index contributed by atoms with van der Waals surface area (Å²) in [4.78, 5) is 25.6. The second kappa shape index (κ2) is 9.60. The van der Waals surface area contributed by atoms with Gasteiger partial charge in [0.1, 0.15) is 6.04 Å². The third kappa shape index (κ3) is 6.33. The van der Waals surface area contributed by atoms with Crippen LogP contribution in [0.1, 0.15) is 40.5 Å². The zero-order chi connectivity index (χ0) is 16.6. The number of hydrogen-bond acceptors (Lipinski definition) is 4. The first-order valence-corrected chi connectivity index (χ1v) is 7.42. The highest BCUT2D eigenvalue weighted by Crippen LogP contribution is 2.14. The van der Waals surface area contributed by atoms with E-state index in [0.717, 1.165) is 12.8 Å². The van der Waals surface area contributed by atoms with Gasteiger partial charge in [-0.15, -0.1) is 0 Å². The molecule has 0 aromatic rings. The van der Waals surface area contributed by atoms with E-state index in [0.29, 0.717) is 0 Å². The summed E-state index contributed by atoms with van der Waals surface area (Å²) < 4.78 is 9.94. The smallest absolute Gasteiger partial charge is 0.407 e. The van der Waals surface area contributed by atoms with Crippen LogP contribution in [0.2, 0.25) is 0 Å². The van der Waals surface area contributed by atoms with Crippen LogP contribution in [-0.4, -0.2) is 56.4 Å². The van der Waals surface area contributed by atoms with Crippen LogP contribution in [0.5, 0.6) is 0 Å². The summed E-state index contributed by atoms with van der Waals surface area (Å²) in [5, 5.41) is 2.60. The van der Waals surface area contributed by atoms with Crippen molar-refractivity contribution in [1.29, 1.82) is 0 Å². The Hall–Kier alpha value is -1.30. The number of hydrogen-bond donors (Lipinski definition) is 1. The van der Waals surface area contributed by atoms with Crippen LogP contribution in [0.15, 0.2) is 0 Å². The number of amides is 2. The van der Waals surface area contributed by atoms with E-state index in [1.807, 2.05) is 20.8 Å². The zero-order valence-corrected chi connectivity index (χ0v) is 14.3. The van der Waals surface area contributed by atoms with Gasteiger partial charge < -0.3 is 19.7 Å². The van der Waals surface area contributed by atoms with Crippen molar-refractivity contribution in [2.24, 2.45) is 5.92 Å². The van der Waals surface area contributed by atoms with E-state index in [-0.39, 0.29) is 24.0 Å². The molecule has 0 saturated heterocycles. The number of carbonyl (C=O) groups excluding carboxylic acids is 2. The fourth-order valence-electron chi connectivity index (χ4n) is 2.10. The molecular weight excluding hydrogens is 272 g/mol. The molecule has 2 amide bonds. The number of nitrogens with zero attached hydrogens (tertiary/aromatic N) is 1. The highest BCUT2D eigenvalue weighted by Gasteiger charge is 2.30. The Morgan fingerprint density at radius 3 is 2.14 bits per heavy atom. The van der Waals surface area contributed by atoms with Crippen molar-refractivity contribution in [3.8, 4) is 0 Å². The summed E-state index contributed by atoms with van der Waals surface area (Å²) in [5.74, 6) is -0.135. The fraction of sp³-hybridized carbons (Fsp3) is 0.867. The maximum atomic E-state index is 12.6. The lowest BCUT2D eigenvalue weighted by molar-refractivity contribution is -0.135. The van der Waals surface area contributed by atoms with Crippen molar-refractivity contribution in [2.75, 3.05) is 21.3 Å². The minimum atomic E-state index is -0.591. The Bertz CT molecular complexity index is 330. The van der Waals surface area contributed by atoms with Gasteiger partial charge in [0, 0.05) is 20.2 Å². The highest BCUT2D eigenvalue weighted by molar-refractivity contribution is 5.85. The Labute approximate surface area is 128 Å². The van der Waals surface area contributed by atoms with Crippen LogP contribution < -0.4 is 5.32 Å². The first-order valence-electron chi connectivity index (χ1n) is 7.42. The van der Waals surface area contributed by atoms with Gasteiger partial charge >= 0.3 is 6.09 Å². The molecule has 21 heavy (non-hydrogen) atoms. The first-order chi connectivity index (χ1) is 9.78. The number of rotatable bonds is 8.